The lowest BCUT2D eigenvalue weighted by Gasteiger charge is -2.03. The molecule has 1 aromatic carbocycles. The van der Waals surface area contributed by atoms with Crippen LogP contribution in [0.1, 0.15) is 24.0 Å². The molecule has 2 aromatic heterocycles. The lowest BCUT2D eigenvalue weighted by molar-refractivity contribution is 0.472. The van der Waals surface area contributed by atoms with Crippen molar-refractivity contribution in [3.8, 4) is 5.75 Å². The molecule has 4 rings (SSSR count). The monoisotopic (exact) mass is 327 g/mol. The summed E-state index contributed by atoms with van der Waals surface area (Å²) in [6, 6.07) is 4.41. The van der Waals surface area contributed by atoms with Crippen LogP contribution in [0.5, 0.6) is 5.75 Å². The average Bonchev–Trinajstić information content (AvgIpc) is 3.26. The van der Waals surface area contributed by atoms with Crippen molar-refractivity contribution < 1.29 is 9.50 Å². The highest BCUT2D eigenvalue weighted by atomic mass is 32.1. The maximum Gasteiger partial charge on any atom is 0.147 e. The number of rotatable bonds is 4. The van der Waals surface area contributed by atoms with Gasteiger partial charge in [-0.15, -0.1) is 11.3 Å². The van der Waals surface area contributed by atoms with Crippen LogP contribution in [0.4, 0.5) is 10.2 Å². The van der Waals surface area contributed by atoms with E-state index in [0.29, 0.717) is 11.6 Å². The third kappa shape index (κ3) is 2.90. The first-order valence-electron chi connectivity index (χ1n) is 7.36. The van der Waals surface area contributed by atoms with Crippen molar-refractivity contribution in [3.05, 3.63) is 46.9 Å². The van der Waals surface area contributed by atoms with Gasteiger partial charge >= 0.3 is 0 Å². The lowest BCUT2D eigenvalue weighted by Crippen LogP contribution is -2.03. The SMILES string of the molecule is Oc1ccc(F)cc1C=Cc1csc2c(NC3CC3)ncnc12. The van der Waals surface area contributed by atoms with Gasteiger partial charge in [0.2, 0.25) is 0 Å². The Hall–Kier alpha value is -2.47. The number of phenolic OH excluding ortho intramolecular Hbond substituents is 1. The van der Waals surface area contributed by atoms with Crippen LogP contribution in [-0.2, 0) is 0 Å². The second-order valence-corrected chi connectivity index (χ2v) is 6.43. The van der Waals surface area contributed by atoms with Crippen LogP contribution < -0.4 is 5.32 Å². The normalized spacial score (nSPS) is 14.7. The van der Waals surface area contributed by atoms with Crippen LogP contribution in [0.3, 0.4) is 0 Å². The number of benzene rings is 1. The summed E-state index contributed by atoms with van der Waals surface area (Å²) >= 11 is 1.58. The quantitative estimate of drug-likeness (QED) is 0.751. The Morgan fingerprint density at radius 1 is 1.22 bits per heavy atom. The van der Waals surface area contributed by atoms with E-state index in [1.165, 1.54) is 31.0 Å². The standard InChI is InChI=1S/C17H14FN3OS/c18-12-3-6-14(22)10(7-12)1-2-11-8-23-16-15(11)19-9-20-17(16)21-13-4-5-13/h1-3,6-9,13,22H,4-5H2,(H,19,20,21). The fraction of sp³-hybridized carbons (Fsp3) is 0.176. The Labute approximate surface area is 136 Å². The number of thiophene rings is 1. The second kappa shape index (κ2) is 5.62. The van der Waals surface area contributed by atoms with Crippen LogP contribution >= 0.6 is 11.3 Å². The zero-order valence-electron chi connectivity index (χ0n) is 12.2. The van der Waals surface area contributed by atoms with E-state index in [0.717, 1.165) is 21.6 Å². The Kier molecular flexibility index (Phi) is 3.46. The molecular weight excluding hydrogens is 313 g/mol. The first-order chi connectivity index (χ1) is 11.2. The van der Waals surface area contributed by atoms with Gasteiger partial charge in [-0.2, -0.15) is 0 Å². The molecule has 0 unspecified atom stereocenters. The maximum atomic E-state index is 13.3. The molecule has 1 aliphatic rings. The van der Waals surface area contributed by atoms with Gasteiger partial charge in [-0.3, -0.25) is 0 Å². The summed E-state index contributed by atoms with van der Waals surface area (Å²) < 4.78 is 14.3. The second-order valence-electron chi connectivity index (χ2n) is 5.55. The number of phenols is 1. The van der Waals surface area contributed by atoms with Gasteiger partial charge < -0.3 is 10.4 Å². The summed E-state index contributed by atoms with van der Waals surface area (Å²) in [5.41, 5.74) is 2.23. The number of halogens is 1. The Morgan fingerprint density at radius 2 is 2.04 bits per heavy atom. The van der Waals surface area contributed by atoms with Crippen LogP contribution in [0.15, 0.2) is 29.9 Å². The van der Waals surface area contributed by atoms with Crippen LogP contribution in [0.25, 0.3) is 22.4 Å². The van der Waals surface area contributed by atoms with Crippen molar-refractivity contribution in [2.24, 2.45) is 0 Å². The summed E-state index contributed by atoms with van der Waals surface area (Å²) in [7, 11) is 0. The van der Waals surface area contributed by atoms with Crippen molar-refractivity contribution in [1.29, 1.82) is 0 Å². The van der Waals surface area contributed by atoms with E-state index in [4.69, 9.17) is 0 Å². The van der Waals surface area contributed by atoms with E-state index in [1.54, 1.807) is 23.7 Å². The summed E-state index contributed by atoms with van der Waals surface area (Å²) in [6.07, 6.45) is 7.44. The fourth-order valence-electron chi connectivity index (χ4n) is 2.35. The predicted molar refractivity (Wildman–Crippen MR) is 91.1 cm³/mol. The van der Waals surface area contributed by atoms with Crippen molar-refractivity contribution in [2.75, 3.05) is 5.32 Å². The molecule has 4 nitrogen and oxygen atoms in total. The number of nitrogens with one attached hydrogen (secondary N) is 1. The van der Waals surface area contributed by atoms with E-state index in [9.17, 15) is 9.50 Å². The average molecular weight is 327 g/mol. The molecule has 116 valence electrons. The molecule has 1 aliphatic carbocycles. The van der Waals surface area contributed by atoms with Gasteiger partial charge in [-0.1, -0.05) is 12.2 Å². The predicted octanol–water partition coefficient (Wildman–Crippen LogP) is 4.28. The topological polar surface area (TPSA) is 58.0 Å². The van der Waals surface area contributed by atoms with Gasteiger partial charge in [0.1, 0.15) is 23.7 Å². The highest BCUT2D eigenvalue weighted by Crippen LogP contribution is 2.33. The number of nitrogens with zero attached hydrogens (tertiary/aromatic N) is 2. The minimum atomic E-state index is -0.379. The van der Waals surface area contributed by atoms with Gasteiger partial charge in [0, 0.05) is 22.5 Å². The molecule has 0 aliphatic heterocycles. The number of aromatic nitrogens is 2. The molecule has 1 saturated carbocycles. The highest BCUT2D eigenvalue weighted by molar-refractivity contribution is 7.18. The fourth-order valence-corrected chi connectivity index (χ4v) is 3.29. The number of fused-ring (bicyclic) bond motifs is 1. The van der Waals surface area contributed by atoms with Crippen molar-refractivity contribution in [3.63, 3.8) is 0 Å². The molecule has 0 atom stereocenters. The molecule has 0 amide bonds. The first kappa shape index (κ1) is 14.1. The smallest absolute Gasteiger partial charge is 0.147 e. The Balaban J connectivity index is 1.69. The summed E-state index contributed by atoms with van der Waals surface area (Å²) in [5, 5.41) is 15.2. The van der Waals surface area contributed by atoms with E-state index in [2.05, 4.69) is 15.3 Å². The third-order valence-corrected chi connectivity index (χ3v) is 4.73. The summed E-state index contributed by atoms with van der Waals surface area (Å²) in [5.74, 6) is 0.541. The number of hydrogen-bond acceptors (Lipinski definition) is 5. The largest absolute Gasteiger partial charge is 0.507 e. The van der Waals surface area contributed by atoms with E-state index in [-0.39, 0.29) is 11.6 Å². The molecule has 2 heterocycles. The number of aromatic hydroxyl groups is 1. The molecule has 0 bridgehead atoms. The zero-order chi connectivity index (χ0) is 15.8. The molecule has 2 N–H and O–H groups in total. The molecule has 23 heavy (non-hydrogen) atoms. The summed E-state index contributed by atoms with van der Waals surface area (Å²) in [4.78, 5) is 8.67. The summed E-state index contributed by atoms with van der Waals surface area (Å²) in [6.45, 7) is 0. The zero-order valence-corrected chi connectivity index (χ0v) is 13.0. The van der Waals surface area contributed by atoms with Crippen LogP contribution in [-0.4, -0.2) is 21.1 Å². The lowest BCUT2D eigenvalue weighted by atomic mass is 10.1. The number of anilines is 1. The van der Waals surface area contributed by atoms with E-state index in [1.807, 2.05) is 11.5 Å². The Bertz CT molecular complexity index is 902. The van der Waals surface area contributed by atoms with Gasteiger partial charge in [-0.05, 0) is 31.0 Å². The van der Waals surface area contributed by atoms with Crippen LogP contribution in [0, 0.1) is 5.82 Å². The minimum absolute atomic E-state index is 0.0490. The molecular formula is C17H14FN3OS. The highest BCUT2D eigenvalue weighted by Gasteiger charge is 2.22. The first-order valence-corrected chi connectivity index (χ1v) is 8.24. The van der Waals surface area contributed by atoms with Gasteiger partial charge in [0.05, 0.1) is 10.2 Å². The molecule has 1 fully saturated rings. The number of hydrogen-bond donors (Lipinski definition) is 2. The van der Waals surface area contributed by atoms with Gasteiger partial charge in [0.15, 0.2) is 0 Å². The molecule has 6 heteroatoms. The molecule has 0 saturated heterocycles. The van der Waals surface area contributed by atoms with Crippen molar-refractivity contribution in [1.82, 2.24) is 9.97 Å². The van der Waals surface area contributed by atoms with E-state index >= 15 is 0 Å². The van der Waals surface area contributed by atoms with Gasteiger partial charge in [0.25, 0.3) is 0 Å². The third-order valence-electron chi connectivity index (χ3n) is 3.73. The maximum absolute atomic E-state index is 13.3. The molecule has 0 radical (unpaired) electrons. The molecule has 3 aromatic rings. The molecule has 0 spiro atoms. The Morgan fingerprint density at radius 3 is 2.87 bits per heavy atom. The van der Waals surface area contributed by atoms with Crippen LogP contribution in [0.2, 0.25) is 0 Å². The van der Waals surface area contributed by atoms with Crippen molar-refractivity contribution in [2.45, 2.75) is 18.9 Å². The van der Waals surface area contributed by atoms with E-state index < -0.39 is 0 Å². The minimum Gasteiger partial charge on any atom is -0.507 e. The van der Waals surface area contributed by atoms with Crippen molar-refractivity contribution >= 4 is 39.5 Å². The van der Waals surface area contributed by atoms with Gasteiger partial charge in [-0.25, -0.2) is 14.4 Å².